The van der Waals surface area contributed by atoms with Gasteiger partial charge in [-0.05, 0) is 50.5 Å². The highest BCUT2D eigenvalue weighted by Crippen LogP contribution is 2.34. The summed E-state index contributed by atoms with van der Waals surface area (Å²) in [4.78, 5) is 1.00. The van der Waals surface area contributed by atoms with E-state index < -0.39 is 0 Å². The Labute approximate surface area is 159 Å². The van der Waals surface area contributed by atoms with E-state index in [2.05, 4.69) is 35.6 Å². The number of aryl methyl sites for hydroxylation is 1. The molecule has 26 heavy (non-hydrogen) atoms. The van der Waals surface area contributed by atoms with Crippen molar-refractivity contribution in [2.24, 2.45) is 10.1 Å². The number of hydrogen-bond donors (Lipinski definition) is 2. The van der Waals surface area contributed by atoms with E-state index in [1.807, 2.05) is 25.1 Å². The van der Waals surface area contributed by atoms with E-state index in [-0.39, 0.29) is 5.76 Å². The molecule has 0 unspecified atom stereocenters. The van der Waals surface area contributed by atoms with Crippen LogP contribution in [0.3, 0.4) is 0 Å². The third-order valence-electron chi connectivity index (χ3n) is 4.07. The summed E-state index contributed by atoms with van der Waals surface area (Å²) >= 11 is 1.31. The standard InChI is InChI=1S/C21H26N2O2S/c1-5-25-13-17-12-14(2)10-11-18(17)19-8-6-7-9-20(19)26-23-21(22)15(3)16(4)24/h6-12,24H,5,13H2,1-4H3,(H2,22,23)/b16-15-. The number of aliphatic hydroxyl groups is 1. The molecule has 0 atom stereocenters. The fraction of sp³-hybridized carbons (Fsp3) is 0.286. The monoisotopic (exact) mass is 370 g/mol. The summed E-state index contributed by atoms with van der Waals surface area (Å²) < 4.78 is 10.0. The first kappa shape index (κ1) is 20.1. The highest BCUT2D eigenvalue weighted by atomic mass is 32.2. The van der Waals surface area contributed by atoms with Gasteiger partial charge in [-0.25, -0.2) is 0 Å². The van der Waals surface area contributed by atoms with Crippen molar-refractivity contribution >= 4 is 17.8 Å². The van der Waals surface area contributed by atoms with Crippen LogP contribution in [0.15, 0.2) is 63.1 Å². The molecule has 2 aromatic carbocycles. The first-order valence-electron chi connectivity index (χ1n) is 8.58. The van der Waals surface area contributed by atoms with Gasteiger partial charge in [-0.1, -0.05) is 42.0 Å². The molecule has 0 radical (unpaired) electrons. The van der Waals surface area contributed by atoms with Crippen LogP contribution in [-0.2, 0) is 11.3 Å². The van der Waals surface area contributed by atoms with Crippen molar-refractivity contribution in [3.05, 3.63) is 64.9 Å². The van der Waals surface area contributed by atoms with Gasteiger partial charge in [-0.2, -0.15) is 4.40 Å². The highest BCUT2D eigenvalue weighted by Gasteiger charge is 2.11. The molecule has 2 aromatic rings. The average molecular weight is 371 g/mol. The van der Waals surface area contributed by atoms with E-state index in [0.29, 0.717) is 24.6 Å². The van der Waals surface area contributed by atoms with E-state index in [4.69, 9.17) is 10.5 Å². The predicted octanol–water partition coefficient (Wildman–Crippen LogP) is 5.41. The maximum atomic E-state index is 9.56. The van der Waals surface area contributed by atoms with Gasteiger partial charge in [-0.15, -0.1) is 0 Å². The van der Waals surface area contributed by atoms with Crippen molar-refractivity contribution in [1.82, 2.24) is 0 Å². The zero-order valence-corrected chi connectivity index (χ0v) is 16.6. The second-order valence-corrected chi connectivity index (χ2v) is 6.88. The normalized spacial score (nSPS) is 12.8. The summed E-state index contributed by atoms with van der Waals surface area (Å²) in [6.07, 6.45) is 0. The van der Waals surface area contributed by atoms with Gasteiger partial charge in [0.25, 0.3) is 0 Å². The molecular weight excluding hydrogens is 344 g/mol. The van der Waals surface area contributed by atoms with E-state index in [1.54, 1.807) is 13.8 Å². The Morgan fingerprint density at radius 3 is 2.58 bits per heavy atom. The second kappa shape index (κ2) is 9.46. The molecule has 0 aliphatic heterocycles. The van der Waals surface area contributed by atoms with Crippen LogP contribution in [0.25, 0.3) is 11.1 Å². The van der Waals surface area contributed by atoms with Gasteiger partial charge in [-0.3, -0.25) is 0 Å². The van der Waals surface area contributed by atoms with Gasteiger partial charge in [0, 0.05) is 29.0 Å². The Hall–Kier alpha value is -2.24. The largest absolute Gasteiger partial charge is 0.512 e. The number of hydrogen-bond acceptors (Lipinski definition) is 4. The summed E-state index contributed by atoms with van der Waals surface area (Å²) in [5.41, 5.74) is 11.1. The molecule has 3 N–H and O–H groups in total. The summed E-state index contributed by atoms with van der Waals surface area (Å²) in [6, 6.07) is 14.5. The lowest BCUT2D eigenvalue weighted by molar-refractivity contribution is 0.134. The van der Waals surface area contributed by atoms with Crippen molar-refractivity contribution in [1.29, 1.82) is 0 Å². The summed E-state index contributed by atoms with van der Waals surface area (Å²) in [5, 5.41) is 9.56. The summed E-state index contributed by atoms with van der Waals surface area (Å²) in [6.45, 7) is 8.68. The Morgan fingerprint density at radius 2 is 1.88 bits per heavy atom. The molecule has 138 valence electrons. The van der Waals surface area contributed by atoms with Crippen molar-refractivity contribution < 1.29 is 9.84 Å². The molecule has 0 aliphatic carbocycles. The molecule has 0 bridgehead atoms. The topological polar surface area (TPSA) is 67.8 Å². The van der Waals surface area contributed by atoms with Crippen molar-refractivity contribution in [3.8, 4) is 11.1 Å². The van der Waals surface area contributed by atoms with Crippen LogP contribution in [-0.4, -0.2) is 17.5 Å². The van der Waals surface area contributed by atoms with E-state index in [9.17, 15) is 5.11 Å². The number of amidine groups is 1. The van der Waals surface area contributed by atoms with Gasteiger partial charge in [0.15, 0.2) is 0 Å². The molecule has 0 amide bonds. The maximum Gasteiger partial charge on any atom is 0.138 e. The van der Waals surface area contributed by atoms with E-state index in [1.165, 1.54) is 17.5 Å². The smallest absolute Gasteiger partial charge is 0.138 e. The molecule has 4 nitrogen and oxygen atoms in total. The average Bonchev–Trinajstić information content (AvgIpc) is 2.64. The fourth-order valence-electron chi connectivity index (χ4n) is 2.44. The minimum absolute atomic E-state index is 0.178. The molecule has 0 aliphatic rings. The van der Waals surface area contributed by atoms with Crippen molar-refractivity contribution in [2.75, 3.05) is 6.61 Å². The first-order chi connectivity index (χ1) is 12.4. The number of benzene rings is 2. The molecule has 0 aromatic heterocycles. The van der Waals surface area contributed by atoms with Gasteiger partial charge in [0.05, 0.1) is 12.4 Å². The molecule has 0 spiro atoms. The number of nitrogens with zero attached hydrogens (tertiary/aromatic N) is 1. The number of nitrogens with two attached hydrogens (primary N) is 1. The van der Waals surface area contributed by atoms with Crippen LogP contribution in [0.5, 0.6) is 0 Å². The van der Waals surface area contributed by atoms with Gasteiger partial charge >= 0.3 is 0 Å². The summed E-state index contributed by atoms with van der Waals surface area (Å²) in [5.74, 6) is 0.501. The Bertz CT molecular complexity index is 825. The predicted molar refractivity (Wildman–Crippen MR) is 110 cm³/mol. The summed E-state index contributed by atoms with van der Waals surface area (Å²) in [7, 11) is 0. The van der Waals surface area contributed by atoms with Crippen molar-refractivity contribution in [3.63, 3.8) is 0 Å². The van der Waals surface area contributed by atoms with Crippen LogP contribution in [0, 0.1) is 6.92 Å². The maximum absolute atomic E-state index is 9.56. The SMILES string of the molecule is CCOCc1cc(C)ccc1-c1ccccc1SN=C(N)/C(C)=C(/C)O. The fourth-order valence-corrected chi connectivity index (χ4v) is 3.19. The zero-order valence-electron chi connectivity index (χ0n) is 15.7. The zero-order chi connectivity index (χ0) is 19.1. The second-order valence-electron chi connectivity index (χ2n) is 6.07. The van der Waals surface area contributed by atoms with Crippen LogP contribution in [0.1, 0.15) is 31.9 Å². The molecule has 0 saturated heterocycles. The number of aliphatic hydroxyl groups excluding tert-OH is 1. The Balaban J connectivity index is 2.41. The minimum atomic E-state index is 0.178. The van der Waals surface area contributed by atoms with E-state index in [0.717, 1.165) is 21.6 Å². The molecule has 2 rings (SSSR count). The van der Waals surface area contributed by atoms with Gasteiger partial charge in [0.1, 0.15) is 5.84 Å². The lowest BCUT2D eigenvalue weighted by Gasteiger charge is -2.14. The first-order valence-corrected chi connectivity index (χ1v) is 9.35. The van der Waals surface area contributed by atoms with Crippen LogP contribution in [0.4, 0.5) is 0 Å². The van der Waals surface area contributed by atoms with Gasteiger partial charge < -0.3 is 15.6 Å². The van der Waals surface area contributed by atoms with Crippen LogP contribution >= 0.6 is 11.9 Å². The van der Waals surface area contributed by atoms with Crippen LogP contribution in [0.2, 0.25) is 0 Å². The van der Waals surface area contributed by atoms with Gasteiger partial charge in [0.2, 0.25) is 0 Å². The Kier molecular flexibility index (Phi) is 7.30. The lowest BCUT2D eigenvalue weighted by Crippen LogP contribution is -2.13. The third-order valence-corrected chi connectivity index (χ3v) is 4.91. The lowest BCUT2D eigenvalue weighted by atomic mass is 9.98. The molecule has 0 heterocycles. The van der Waals surface area contributed by atoms with E-state index >= 15 is 0 Å². The molecular formula is C21H26N2O2S. The number of allylic oxidation sites excluding steroid dienone is 1. The quantitative estimate of drug-likeness (QED) is 0.296. The molecule has 5 heteroatoms. The third kappa shape index (κ3) is 5.13. The highest BCUT2D eigenvalue weighted by molar-refractivity contribution is 7.98. The van der Waals surface area contributed by atoms with Crippen LogP contribution < -0.4 is 5.73 Å². The molecule has 0 fully saturated rings. The molecule has 0 saturated carbocycles. The number of rotatable bonds is 7. The Morgan fingerprint density at radius 1 is 1.15 bits per heavy atom. The minimum Gasteiger partial charge on any atom is -0.512 e. The number of ether oxygens (including phenoxy) is 1. The van der Waals surface area contributed by atoms with Crippen molar-refractivity contribution in [2.45, 2.75) is 39.2 Å².